The minimum absolute atomic E-state index is 0.0507. The molecule has 0 aromatic heterocycles. The molecule has 2 amide bonds. The van der Waals surface area contributed by atoms with Crippen LogP contribution in [-0.2, 0) is 10.0 Å². The molecule has 2 heterocycles. The summed E-state index contributed by atoms with van der Waals surface area (Å²) in [6, 6.07) is 7.78. The van der Waals surface area contributed by atoms with E-state index in [1.165, 1.54) is 4.31 Å². The Labute approximate surface area is 192 Å². The highest BCUT2D eigenvalue weighted by Crippen LogP contribution is 2.24. The number of carbonyl (C=O) groups is 1. The van der Waals surface area contributed by atoms with E-state index in [1.54, 1.807) is 17.0 Å². The second kappa shape index (κ2) is 10.5. The average Bonchev–Trinajstić information content (AvgIpc) is 3.08. The fourth-order valence-corrected chi connectivity index (χ4v) is 6.56. The molecular weight excluding hydrogens is 426 g/mol. The van der Waals surface area contributed by atoms with E-state index in [1.807, 2.05) is 19.1 Å². The molecule has 9 heteroatoms. The van der Waals surface area contributed by atoms with Crippen LogP contribution in [0.3, 0.4) is 0 Å². The summed E-state index contributed by atoms with van der Waals surface area (Å²) in [6.45, 7) is 8.11. The van der Waals surface area contributed by atoms with E-state index >= 15 is 0 Å². The molecule has 2 saturated heterocycles. The van der Waals surface area contributed by atoms with Crippen LogP contribution in [0, 0.1) is 6.92 Å². The van der Waals surface area contributed by atoms with Gasteiger partial charge in [-0.1, -0.05) is 17.7 Å². The van der Waals surface area contributed by atoms with Crippen LogP contribution in [-0.4, -0.2) is 93.0 Å². The van der Waals surface area contributed by atoms with Crippen LogP contribution in [0.5, 0.6) is 0 Å². The van der Waals surface area contributed by atoms with Gasteiger partial charge in [-0.3, -0.25) is 4.90 Å². The van der Waals surface area contributed by atoms with Crippen LogP contribution < -0.4 is 10.6 Å². The number of amides is 2. The highest BCUT2D eigenvalue weighted by Gasteiger charge is 2.31. The van der Waals surface area contributed by atoms with Gasteiger partial charge in [-0.2, -0.15) is 4.31 Å². The lowest BCUT2D eigenvalue weighted by Crippen LogP contribution is -2.52. The second-order valence-electron chi connectivity index (χ2n) is 9.30. The zero-order valence-corrected chi connectivity index (χ0v) is 19.9. The van der Waals surface area contributed by atoms with Crippen LogP contribution in [0.4, 0.5) is 4.79 Å². The van der Waals surface area contributed by atoms with Crippen molar-refractivity contribution >= 4 is 16.1 Å². The van der Waals surface area contributed by atoms with Crippen LogP contribution in [0.25, 0.3) is 0 Å². The number of sulfonamides is 1. The maximum absolute atomic E-state index is 13.0. The molecule has 0 radical (unpaired) electrons. The zero-order chi connectivity index (χ0) is 22.6. The first-order valence-corrected chi connectivity index (χ1v) is 13.4. The fraction of sp³-hybridized carbons (Fsp3) is 0.696. The number of hydrogen-bond donors (Lipinski definition) is 2. The monoisotopic (exact) mass is 463 g/mol. The van der Waals surface area contributed by atoms with E-state index in [4.69, 9.17) is 0 Å². The molecule has 8 nitrogen and oxygen atoms in total. The zero-order valence-electron chi connectivity index (χ0n) is 19.1. The molecule has 3 fully saturated rings. The number of urea groups is 1. The van der Waals surface area contributed by atoms with E-state index in [9.17, 15) is 13.2 Å². The first kappa shape index (κ1) is 23.5. The molecule has 2 N–H and O–H groups in total. The van der Waals surface area contributed by atoms with Crippen molar-refractivity contribution in [1.29, 1.82) is 0 Å². The van der Waals surface area contributed by atoms with Gasteiger partial charge in [0.05, 0.1) is 4.90 Å². The van der Waals surface area contributed by atoms with Crippen molar-refractivity contribution < 1.29 is 13.2 Å². The summed E-state index contributed by atoms with van der Waals surface area (Å²) in [5.41, 5.74) is 1.03. The van der Waals surface area contributed by atoms with Gasteiger partial charge in [-0.05, 0) is 51.2 Å². The van der Waals surface area contributed by atoms with E-state index in [0.717, 1.165) is 57.4 Å². The molecule has 0 spiro atoms. The van der Waals surface area contributed by atoms with Crippen LogP contribution in [0.1, 0.15) is 37.7 Å². The summed E-state index contributed by atoms with van der Waals surface area (Å²) in [7, 11) is -3.53. The highest BCUT2D eigenvalue weighted by atomic mass is 32.2. The Morgan fingerprint density at radius 2 is 1.62 bits per heavy atom. The molecule has 32 heavy (non-hydrogen) atoms. The van der Waals surface area contributed by atoms with Crippen molar-refractivity contribution in [3.05, 3.63) is 29.8 Å². The number of nitrogens with one attached hydrogen (secondary N) is 2. The third kappa shape index (κ3) is 5.62. The van der Waals surface area contributed by atoms with E-state index in [-0.39, 0.29) is 12.1 Å². The van der Waals surface area contributed by atoms with Crippen molar-refractivity contribution in [3.8, 4) is 0 Å². The Morgan fingerprint density at radius 3 is 2.31 bits per heavy atom. The summed E-state index contributed by atoms with van der Waals surface area (Å²) in [5, 5.41) is 6.63. The Morgan fingerprint density at radius 1 is 0.938 bits per heavy atom. The standard InChI is InChI=1S/C23H37N5O3S/c1-19-3-9-22(10-4-19)32(30,31)28-14-2-13-27(17-18-28)23(29)25-20-5-7-21(8-6-20)26-15-11-24-12-16-26/h3-4,9-10,20-21,24H,2,5-8,11-18H2,1H3,(H,25,29). The van der Waals surface area contributed by atoms with E-state index in [2.05, 4.69) is 15.5 Å². The van der Waals surface area contributed by atoms with Gasteiger partial charge in [0.25, 0.3) is 0 Å². The van der Waals surface area contributed by atoms with Crippen LogP contribution in [0.2, 0.25) is 0 Å². The molecule has 3 aliphatic rings. The lowest BCUT2D eigenvalue weighted by atomic mass is 9.90. The Balaban J connectivity index is 1.26. The first-order valence-electron chi connectivity index (χ1n) is 12.0. The van der Waals surface area contributed by atoms with Gasteiger partial charge in [0.2, 0.25) is 10.0 Å². The van der Waals surface area contributed by atoms with Crippen molar-refractivity contribution in [2.75, 3.05) is 52.4 Å². The molecule has 4 rings (SSSR count). The molecule has 178 valence electrons. The highest BCUT2D eigenvalue weighted by molar-refractivity contribution is 7.89. The first-order chi connectivity index (χ1) is 15.4. The molecule has 1 aromatic carbocycles. The third-order valence-electron chi connectivity index (χ3n) is 7.09. The van der Waals surface area contributed by atoms with Crippen molar-refractivity contribution in [3.63, 3.8) is 0 Å². The van der Waals surface area contributed by atoms with Gasteiger partial charge in [0.15, 0.2) is 0 Å². The van der Waals surface area contributed by atoms with Crippen molar-refractivity contribution in [2.45, 2.75) is 56.0 Å². The lowest BCUT2D eigenvalue weighted by Gasteiger charge is -2.39. The SMILES string of the molecule is Cc1ccc(S(=O)(=O)N2CCCN(C(=O)NC3CCC(N4CCNCC4)CC3)CC2)cc1. The Hall–Kier alpha value is -1.68. The minimum Gasteiger partial charge on any atom is -0.335 e. The number of benzene rings is 1. The molecule has 1 saturated carbocycles. The quantitative estimate of drug-likeness (QED) is 0.709. The summed E-state index contributed by atoms with van der Waals surface area (Å²) < 4.78 is 27.5. The summed E-state index contributed by atoms with van der Waals surface area (Å²) in [6.07, 6.45) is 4.94. The van der Waals surface area contributed by atoms with Gasteiger partial charge in [0, 0.05) is 64.4 Å². The fourth-order valence-electron chi connectivity index (χ4n) is 5.10. The molecule has 0 unspecified atom stereocenters. The largest absolute Gasteiger partial charge is 0.335 e. The Kier molecular flexibility index (Phi) is 7.70. The van der Waals surface area contributed by atoms with Gasteiger partial charge in [-0.25, -0.2) is 13.2 Å². The number of aryl methyl sites for hydroxylation is 1. The third-order valence-corrected chi connectivity index (χ3v) is 9.01. The smallest absolute Gasteiger partial charge is 0.317 e. The number of rotatable bonds is 4. The number of piperazine rings is 1. The van der Waals surface area contributed by atoms with Crippen LogP contribution >= 0.6 is 0 Å². The van der Waals surface area contributed by atoms with E-state index < -0.39 is 10.0 Å². The molecule has 1 aromatic rings. The topological polar surface area (TPSA) is 85.0 Å². The normalized spacial score (nSPS) is 26.5. The minimum atomic E-state index is -3.53. The second-order valence-corrected chi connectivity index (χ2v) is 11.2. The number of carbonyl (C=O) groups excluding carboxylic acids is 1. The maximum atomic E-state index is 13.0. The van der Waals surface area contributed by atoms with Gasteiger partial charge < -0.3 is 15.5 Å². The number of nitrogens with zero attached hydrogens (tertiary/aromatic N) is 3. The average molecular weight is 464 g/mol. The lowest BCUT2D eigenvalue weighted by molar-refractivity contribution is 0.126. The summed E-state index contributed by atoms with van der Waals surface area (Å²) >= 11 is 0. The molecule has 0 bridgehead atoms. The number of hydrogen-bond acceptors (Lipinski definition) is 5. The Bertz CT molecular complexity index is 862. The predicted octanol–water partition coefficient (Wildman–Crippen LogP) is 1.62. The molecule has 0 atom stereocenters. The molecule has 1 aliphatic carbocycles. The maximum Gasteiger partial charge on any atom is 0.317 e. The summed E-state index contributed by atoms with van der Waals surface area (Å²) in [4.78, 5) is 17.6. The van der Waals surface area contributed by atoms with E-state index in [0.29, 0.717) is 43.5 Å². The van der Waals surface area contributed by atoms with Crippen molar-refractivity contribution in [2.24, 2.45) is 0 Å². The van der Waals surface area contributed by atoms with Gasteiger partial charge in [0.1, 0.15) is 0 Å². The predicted molar refractivity (Wildman–Crippen MR) is 125 cm³/mol. The van der Waals surface area contributed by atoms with Crippen LogP contribution in [0.15, 0.2) is 29.2 Å². The molecule has 2 aliphatic heterocycles. The van der Waals surface area contributed by atoms with Gasteiger partial charge in [-0.15, -0.1) is 0 Å². The van der Waals surface area contributed by atoms with Crippen molar-refractivity contribution in [1.82, 2.24) is 24.7 Å². The summed E-state index contributed by atoms with van der Waals surface area (Å²) in [5.74, 6) is 0. The van der Waals surface area contributed by atoms with Gasteiger partial charge >= 0.3 is 6.03 Å². The molecular formula is C23H37N5O3S.